The van der Waals surface area contributed by atoms with E-state index in [0.717, 1.165) is 0 Å². The predicted molar refractivity (Wildman–Crippen MR) is 102 cm³/mol. The number of hydrogen-bond donors (Lipinski definition) is 0. The zero-order valence-electron chi connectivity index (χ0n) is 17.0. The average molecular weight is 327 g/mol. The Morgan fingerprint density at radius 2 is 0.957 bits per heavy atom. The Kier molecular flexibility index (Phi) is 18.7. The van der Waals surface area contributed by atoms with Crippen molar-refractivity contribution in [3.63, 3.8) is 0 Å². The minimum atomic E-state index is 0. The van der Waals surface area contributed by atoms with E-state index in [1.54, 1.807) is 0 Å². The van der Waals surface area contributed by atoms with Gasteiger partial charge in [0.15, 0.2) is 0 Å². The minimum absolute atomic E-state index is 0. The van der Waals surface area contributed by atoms with Gasteiger partial charge < -0.3 is 1.43 Å². The second-order valence-electron chi connectivity index (χ2n) is 6.83. The summed E-state index contributed by atoms with van der Waals surface area (Å²) in [5.41, 5.74) is 1.50. The van der Waals surface area contributed by atoms with E-state index in [9.17, 15) is 0 Å². The predicted octanol–water partition coefficient (Wildman–Crippen LogP) is 4.83. The molecule has 0 atom stereocenters. The van der Waals surface area contributed by atoms with Gasteiger partial charge in [-0.05, 0) is 18.4 Å². The van der Waals surface area contributed by atoms with Gasteiger partial charge in [-0.15, -0.1) is 0 Å². The molecule has 128 valence electrons. The fraction of sp³-hybridized carbons (Fsp3) is 0.727. The molecule has 0 aliphatic rings. The molecule has 0 bridgehead atoms. The Balaban J connectivity index is 0. The van der Waals surface area contributed by atoms with Crippen LogP contribution in [0.15, 0.2) is 30.3 Å². The Hall–Kier alpha value is 0.220. The molecule has 0 aliphatic heterocycles. The van der Waals surface area contributed by atoms with Crippen LogP contribution in [0.1, 0.15) is 104 Å². The second-order valence-corrected chi connectivity index (χ2v) is 6.83. The van der Waals surface area contributed by atoms with Gasteiger partial charge in [-0.1, -0.05) is 121 Å². The topological polar surface area (TPSA) is 0 Å². The maximum Gasteiger partial charge on any atom is 1.00 e. The quantitative estimate of drug-likeness (QED) is 0.320. The van der Waals surface area contributed by atoms with E-state index in [1.165, 1.54) is 102 Å². The van der Waals surface area contributed by atoms with E-state index in [1.807, 2.05) is 0 Å². The molecule has 1 heteroatoms. The van der Waals surface area contributed by atoms with Gasteiger partial charge in [0.1, 0.15) is 0 Å². The summed E-state index contributed by atoms with van der Waals surface area (Å²) < 4.78 is 0. The van der Waals surface area contributed by atoms with Crippen molar-refractivity contribution in [2.45, 2.75) is 103 Å². The van der Waals surface area contributed by atoms with Gasteiger partial charge in [-0.25, -0.2) is 0 Å². The van der Waals surface area contributed by atoms with E-state index < -0.39 is 0 Å². The zero-order chi connectivity index (χ0) is 15.7. The largest absolute Gasteiger partial charge is 1.00 e. The molecular formula is C22H39Na. The molecule has 1 aromatic carbocycles. The van der Waals surface area contributed by atoms with Gasteiger partial charge in [0.05, 0.1) is 0 Å². The summed E-state index contributed by atoms with van der Waals surface area (Å²) in [6, 6.07) is 10.9. The first-order chi connectivity index (χ1) is 10.9. The van der Waals surface area contributed by atoms with Crippen LogP contribution in [0.3, 0.4) is 0 Å². The van der Waals surface area contributed by atoms with E-state index >= 15 is 0 Å². The molecular weight excluding hydrogens is 287 g/mol. The monoisotopic (exact) mass is 326 g/mol. The Labute approximate surface area is 169 Å². The molecule has 0 spiro atoms. The molecule has 0 amide bonds. The first-order valence-electron chi connectivity index (χ1n) is 9.97. The first-order valence-corrected chi connectivity index (χ1v) is 9.97. The second kappa shape index (κ2) is 18.6. The summed E-state index contributed by atoms with van der Waals surface area (Å²) in [6.45, 7) is 2.29. The van der Waals surface area contributed by atoms with Crippen molar-refractivity contribution in [1.82, 2.24) is 0 Å². The molecule has 0 nitrogen and oxygen atoms in total. The van der Waals surface area contributed by atoms with Crippen molar-refractivity contribution < 1.29 is 31.0 Å². The van der Waals surface area contributed by atoms with Crippen molar-refractivity contribution in [3.05, 3.63) is 35.9 Å². The molecule has 0 N–H and O–H groups in total. The number of benzene rings is 1. The fourth-order valence-corrected chi connectivity index (χ4v) is 3.17. The summed E-state index contributed by atoms with van der Waals surface area (Å²) in [4.78, 5) is 0. The Morgan fingerprint density at radius 1 is 0.565 bits per heavy atom. The molecule has 0 heterocycles. The van der Waals surface area contributed by atoms with E-state index in [2.05, 4.69) is 37.3 Å². The first kappa shape index (κ1) is 23.2. The molecule has 0 radical (unpaired) electrons. The van der Waals surface area contributed by atoms with Crippen LogP contribution in [0.2, 0.25) is 0 Å². The van der Waals surface area contributed by atoms with Crippen LogP contribution in [0.5, 0.6) is 0 Å². The summed E-state index contributed by atoms with van der Waals surface area (Å²) >= 11 is 0. The van der Waals surface area contributed by atoms with Gasteiger partial charge in [0.25, 0.3) is 0 Å². The van der Waals surface area contributed by atoms with Gasteiger partial charge in [-0.3, -0.25) is 0 Å². The molecule has 0 saturated carbocycles. The van der Waals surface area contributed by atoms with Crippen LogP contribution in [-0.2, 0) is 6.42 Å². The summed E-state index contributed by atoms with van der Waals surface area (Å²) in [6.07, 6.45) is 21.5. The van der Waals surface area contributed by atoms with Gasteiger partial charge in [0, 0.05) is 0 Å². The Bertz CT molecular complexity index is 326. The fourth-order valence-electron chi connectivity index (χ4n) is 3.17. The van der Waals surface area contributed by atoms with Gasteiger partial charge in [-0.2, -0.15) is 0 Å². The number of unbranched alkanes of at least 4 members (excludes halogenated alkanes) is 13. The number of aryl methyl sites for hydroxylation is 1. The SMILES string of the molecule is CCCCCCCCCCCCCCCCc1ccccc1.[H-].[Na+]. The Morgan fingerprint density at radius 3 is 1.39 bits per heavy atom. The van der Waals surface area contributed by atoms with Crippen molar-refractivity contribution in [1.29, 1.82) is 0 Å². The standard InChI is InChI=1S/C22H38.Na.H/c1-2-3-4-5-6-7-8-9-10-11-12-13-14-16-19-22-20-17-15-18-21-22;;/h15,17-18,20-21H,2-14,16,19H2,1H3;;/q;+1;-1. The van der Waals surface area contributed by atoms with Crippen LogP contribution < -0.4 is 29.6 Å². The molecule has 1 rings (SSSR count). The summed E-state index contributed by atoms with van der Waals surface area (Å²) in [5, 5.41) is 0. The summed E-state index contributed by atoms with van der Waals surface area (Å²) in [5.74, 6) is 0. The van der Waals surface area contributed by atoms with Crippen LogP contribution in [0, 0.1) is 0 Å². The number of rotatable bonds is 15. The van der Waals surface area contributed by atoms with Crippen LogP contribution in [0.25, 0.3) is 0 Å². The number of hydrogen-bond acceptors (Lipinski definition) is 0. The van der Waals surface area contributed by atoms with Crippen molar-refractivity contribution in [2.24, 2.45) is 0 Å². The molecule has 0 aromatic heterocycles. The van der Waals surface area contributed by atoms with Crippen molar-refractivity contribution in [3.8, 4) is 0 Å². The van der Waals surface area contributed by atoms with E-state index in [0.29, 0.717) is 0 Å². The molecule has 1 aromatic rings. The van der Waals surface area contributed by atoms with Crippen LogP contribution >= 0.6 is 0 Å². The van der Waals surface area contributed by atoms with Crippen molar-refractivity contribution >= 4 is 0 Å². The maximum atomic E-state index is 2.29. The molecule has 0 fully saturated rings. The average Bonchev–Trinajstić information content (AvgIpc) is 2.56. The third-order valence-corrected chi connectivity index (χ3v) is 4.66. The van der Waals surface area contributed by atoms with E-state index in [-0.39, 0.29) is 31.0 Å². The molecule has 23 heavy (non-hydrogen) atoms. The maximum absolute atomic E-state index is 2.29. The molecule has 0 unspecified atom stereocenters. The third kappa shape index (κ3) is 15.5. The molecule has 0 saturated heterocycles. The summed E-state index contributed by atoms with van der Waals surface area (Å²) in [7, 11) is 0. The van der Waals surface area contributed by atoms with Crippen LogP contribution in [-0.4, -0.2) is 0 Å². The van der Waals surface area contributed by atoms with Crippen molar-refractivity contribution in [2.75, 3.05) is 0 Å². The van der Waals surface area contributed by atoms with Crippen LogP contribution in [0.4, 0.5) is 0 Å². The zero-order valence-corrected chi connectivity index (χ0v) is 18.0. The third-order valence-electron chi connectivity index (χ3n) is 4.66. The van der Waals surface area contributed by atoms with Gasteiger partial charge in [0.2, 0.25) is 0 Å². The normalized spacial score (nSPS) is 10.5. The smallest absolute Gasteiger partial charge is 1.00 e. The molecule has 0 aliphatic carbocycles. The van der Waals surface area contributed by atoms with E-state index in [4.69, 9.17) is 0 Å². The minimum Gasteiger partial charge on any atom is -1.00 e. The van der Waals surface area contributed by atoms with Gasteiger partial charge >= 0.3 is 29.6 Å².